The Bertz CT molecular complexity index is 284. The fraction of sp³-hybridized carbons (Fsp3) is 0.500. The van der Waals surface area contributed by atoms with Crippen molar-refractivity contribution >= 4 is 29.6 Å². The lowest BCUT2D eigenvalue weighted by Crippen LogP contribution is -2.27. The highest BCUT2D eigenvalue weighted by molar-refractivity contribution is 9.08. The van der Waals surface area contributed by atoms with Gasteiger partial charge in [0.15, 0.2) is 0 Å². The molecule has 1 N–H and O–H groups in total. The molecule has 56 valence electrons. The molecule has 0 atom stereocenters. The average Bonchev–Trinajstić information content (AvgIpc) is 2.30. The number of nitrogens with one attached hydrogen (secondary N) is 1. The maximum absolute atomic E-state index is 5.74. The zero-order chi connectivity index (χ0) is 7.84. The van der Waals surface area contributed by atoms with Gasteiger partial charge in [-0.15, -0.1) is 0 Å². The molecule has 0 spiro atoms. The van der Waals surface area contributed by atoms with Gasteiger partial charge in [-0.3, -0.25) is 0 Å². The Kier molecular flexibility index (Phi) is 1.77. The third-order valence-corrected chi connectivity index (χ3v) is 2.45. The van der Waals surface area contributed by atoms with Crippen molar-refractivity contribution in [1.29, 1.82) is 0 Å². The van der Waals surface area contributed by atoms with E-state index in [1.165, 1.54) is 0 Å². The Hall–Kier alpha value is -0.285. The fourth-order valence-electron chi connectivity index (χ4n) is 1.29. The summed E-state index contributed by atoms with van der Waals surface area (Å²) in [4.78, 5) is 0. The molecular weight excluding hydrogens is 205 g/mol. The first-order chi connectivity index (χ1) is 5.29. The van der Waals surface area contributed by atoms with Crippen LogP contribution in [0.15, 0.2) is 0 Å². The van der Waals surface area contributed by atoms with E-state index >= 15 is 0 Å². The molecule has 1 aliphatic heterocycles. The second kappa shape index (κ2) is 2.64. The number of fused-ring (bicyclic) bond motifs is 1. The maximum atomic E-state index is 5.74. The minimum atomic E-state index is 0.715. The zero-order valence-corrected chi connectivity index (χ0v) is 7.56. The van der Waals surface area contributed by atoms with Gasteiger partial charge in [0.05, 0.1) is 21.8 Å². The van der Waals surface area contributed by atoms with E-state index in [4.69, 9.17) is 7.85 Å². The van der Waals surface area contributed by atoms with Crippen molar-refractivity contribution in [3.63, 3.8) is 0 Å². The van der Waals surface area contributed by atoms with E-state index in [0.29, 0.717) is 5.59 Å². The van der Waals surface area contributed by atoms with Crippen LogP contribution in [-0.4, -0.2) is 23.2 Å². The predicted molar refractivity (Wildman–Crippen MR) is 47.4 cm³/mol. The van der Waals surface area contributed by atoms with E-state index in [-0.39, 0.29) is 0 Å². The van der Waals surface area contributed by atoms with Gasteiger partial charge in [-0.1, -0.05) is 0 Å². The lowest BCUT2D eigenvalue weighted by molar-refractivity contribution is 0.637. The van der Waals surface area contributed by atoms with Crippen LogP contribution in [0.2, 0.25) is 0 Å². The first-order valence-corrected chi connectivity index (χ1v) is 4.23. The minimum Gasteiger partial charge on any atom is -0.312 e. The minimum absolute atomic E-state index is 0.715. The van der Waals surface area contributed by atoms with Gasteiger partial charge in [0.1, 0.15) is 7.85 Å². The van der Waals surface area contributed by atoms with Crippen molar-refractivity contribution in [1.82, 2.24) is 14.1 Å². The summed E-state index contributed by atoms with van der Waals surface area (Å²) in [5.74, 6) is 0. The van der Waals surface area contributed by atoms with Crippen LogP contribution in [0.5, 0.6) is 0 Å². The number of rotatable bonds is 0. The smallest absolute Gasteiger partial charge is 0.143 e. The standard InChI is InChI=1S/C6H7BBrN3/c7-6-4-3-9-2-1-5(4)10-11(6)8/h9H,1-3H2. The van der Waals surface area contributed by atoms with Crippen molar-refractivity contribution in [3.05, 3.63) is 11.3 Å². The van der Waals surface area contributed by atoms with Crippen LogP contribution in [-0.2, 0) is 13.0 Å². The molecule has 0 saturated carbocycles. The summed E-state index contributed by atoms with van der Waals surface area (Å²) in [5, 5.41) is 7.46. The van der Waals surface area contributed by atoms with Gasteiger partial charge >= 0.3 is 0 Å². The van der Waals surface area contributed by atoms with Gasteiger partial charge in [0.25, 0.3) is 0 Å². The highest BCUT2D eigenvalue weighted by Crippen LogP contribution is 2.09. The monoisotopic (exact) mass is 211 g/mol. The summed E-state index contributed by atoms with van der Waals surface area (Å²) in [6.07, 6.45) is 0.970. The summed E-state index contributed by atoms with van der Waals surface area (Å²) in [6.45, 7) is 1.84. The third kappa shape index (κ3) is 1.12. The Morgan fingerprint density at radius 1 is 1.64 bits per heavy atom. The zero-order valence-electron chi connectivity index (χ0n) is 5.97. The van der Waals surface area contributed by atoms with Crippen molar-refractivity contribution < 1.29 is 0 Å². The molecule has 0 amide bonds. The van der Waals surface area contributed by atoms with Gasteiger partial charge in [-0.2, -0.15) is 5.10 Å². The van der Waals surface area contributed by atoms with Gasteiger partial charge < -0.3 is 5.32 Å². The molecule has 0 bridgehead atoms. The van der Waals surface area contributed by atoms with Gasteiger partial charge in [-0.05, 0) is 0 Å². The number of hydrogen-bond donors (Lipinski definition) is 1. The Morgan fingerprint density at radius 2 is 2.45 bits per heavy atom. The number of halogens is 1. The summed E-state index contributed by atoms with van der Waals surface area (Å²) < 4.78 is 1.56. The second-order valence-corrected chi connectivity index (χ2v) is 3.27. The molecule has 2 heterocycles. The Labute approximate surface area is 74.9 Å². The largest absolute Gasteiger partial charge is 0.312 e. The van der Waals surface area contributed by atoms with Gasteiger partial charge in [0.2, 0.25) is 0 Å². The number of hydrogen-bond acceptors (Lipinski definition) is 2. The summed E-state index contributed by atoms with van der Waals surface area (Å²) in [5.41, 5.74) is 2.96. The molecule has 11 heavy (non-hydrogen) atoms. The molecule has 0 unspecified atom stereocenters. The molecule has 0 aromatic carbocycles. The van der Waals surface area contributed by atoms with E-state index in [2.05, 4.69) is 26.6 Å². The molecule has 3 nitrogen and oxygen atoms in total. The van der Waals surface area contributed by atoms with Crippen LogP contribution in [0.3, 0.4) is 0 Å². The fourth-order valence-corrected chi connectivity index (χ4v) is 1.70. The SMILES string of the molecule is [B]c1c2c(nn1Br)CCNC2. The topological polar surface area (TPSA) is 29.9 Å². The van der Waals surface area contributed by atoms with Crippen LogP contribution in [0.4, 0.5) is 0 Å². The Balaban J connectivity index is 2.50. The van der Waals surface area contributed by atoms with Crippen molar-refractivity contribution in [2.75, 3.05) is 6.54 Å². The van der Waals surface area contributed by atoms with E-state index in [1.54, 1.807) is 3.71 Å². The van der Waals surface area contributed by atoms with Crippen LogP contribution < -0.4 is 10.9 Å². The van der Waals surface area contributed by atoms with Crippen molar-refractivity contribution in [3.8, 4) is 0 Å². The van der Waals surface area contributed by atoms with Crippen molar-refractivity contribution in [2.24, 2.45) is 0 Å². The third-order valence-electron chi connectivity index (χ3n) is 1.91. The molecule has 0 aliphatic carbocycles. The second-order valence-electron chi connectivity index (χ2n) is 2.60. The highest BCUT2D eigenvalue weighted by atomic mass is 79.9. The lowest BCUT2D eigenvalue weighted by atomic mass is 9.95. The van der Waals surface area contributed by atoms with E-state index in [0.717, 1.165) is 30.8 Å². The first-order valence-electron chi connectivity index (χ1n) is 3.52. The molecular formula is C6H7BBrN3. The van der Waals surface area contributed by atoms with E-state index in [9.17, 15) is 0 Å². The highest BCUT2D eigenvalue weighted by Gasteiger charge is 2.15. The molecule has 1 aromatic heterocycles. The first kappa shape index (κ1) is 7.37. The molecule has 0 fully saturated rings. The van der Waals surface area contributed by atoms with Crippen LogP contribution in [0, 0.1) is 0 Å². The molecule has 1 aliphatic rings. The molecule has 2 radical (unpaired) electrons. The maximum Gasteiger partial charge on any atom is 0.143 e. The van der Waals surface area contributed by atoms with Crippen LogP contribution in [0.1, 0.15) is 11.3 Å². The molecule has 5 heteroatoms. The molecule has 2 rings (SSSR count). The van der Waals surface area contributed by atoms with Gasteiger partial charge in [-0.25, -0.2) is 3.71 Å². The number of nitrogens with zero attached hydrogens (tertiary/aromatic N) is 2. The molecule has 0 saturated heterocycles. The lowest BCUT2D eigenvalue weighted by Gasteiger charge is -2.11. The predicted octanol–water partition coefficient (Wildman–Crippen LogP) is -0.519. The number of aromatic nitrogens is 2. The van der Waals surface area contributed by atoms with Crippen LogP contribution in [0.25, 0.3) is 0 Å². The normalized spacial score (nSPS) is 16.5. The van der Waals surface area contributed by atoms with Crippen molar-refractivity contribution in [2.45, 2.75) is 13.0 Å². The van der Waals surface area contributed by atoms with Crippen LogP contribution >= 0.6 is 16.1 Å². The Morgan fingerprint density at radius 3 is 3.18 bits per heavy atom. The van der Waals surface area contributed by atoms with Gasteiger partial charge in [0, 0.05) is 30.7 Å². The quantitative estimate of drug-likeness (QED) is 0.586. The van der Waals surface area contributed by atoms with E-state index in [1.807, 2.05) is 0 Å². The average molecular weight is 212 g/mol. The van der Waals surface area contributed by atoms with E-state index < -0.39 is 0 Å². The summed E-state index contributed by atoms with van der Waals surface area (Å²) >= 11 is 3.23. The molecule has 1 aromatic rings. The summed E-state index contributed by atoms with van der Waals surface area (Å²) in [7, 11) is 5.74. The summed E-state index contributed by atoms with van der Waals surface area (Å²) in [6, 6.07) is 0.